The minimum atomic E-state index is -0.907. The molecule has 2 N–H and O–H groups in total. The summed E-state index contributed by atoms with van der Waals surface area (Å²) in [4.78, 5) is 10.2. The van der Waals surface area contributed by atoms with Crippen LogP contribution in [0.3, 0.4) is 0 Å². The molecule has 0 aliphatic carbocycles. The fourth-order valence-corrected chi connectivity index (χ4v) is 0.960. The van der Waals surface area contributed by atoms with E-state index in [1.807, 2.05) is 0 Å². The summed E-state index contributed by atoms with van der Waals surface area (Å²) >= 11 is 0. The van der Waals surface area contributed by atoms with Crippen LogP contribution < -0.4 is 0 Å². The molecule has 4 nitrogen and oxygen atoms in total. The standard InChI is InChI=1S/C10H12O4/c11-8(4-6-10(12)13)3-5-9-2-1-7-14-9/h1-3,5,7-8,11H,4,6H2,(H,12,13)/b5-3-. The number of aliphatic carboxylic acids is 1. The van der Waals surface area contributed by atoms with E-state index in [0.717, 1.165) is 0 Å². The minimum absolute atomic E-state index is 0.0380. The van der Waals surface area contributed by atoms with E-state index in [1.54, 1.807) is 18.2 Å². The van der Waals surface area contributed by atoms with E-state index in [1.165, 1.54) is 12.3 Å². The molecule has 1 atom stereocenters. The number of carbonyl (C=O) groups is 1. The predicted octanol–water partition coefficient (Wildman–Crippen LogP) is 1.52. The van der Waals surface area contributed by atoms with Crippen LogP contribution >= 0.6 is 0 Å². The Balaban J connectivity index is 2.33. The number of aliphatic hydroxyl groups excluding tert-OH is 1. The second kappa shape index (κ2) is 5.24. The molecule has 0 aromatic carbocycles. The van der Waals surface area contributed by atoms with Gasteiger partial charge in [0.05, 0.1) is 12.4 Å². The van der Waals surface area contributed by atoms with Crippen LogP contribution in [0.5, 0.6) is 0 Å². The number of carboxylic acids is 1. The van der Waals surface area contributed by atoms with Gasteiger partial charge in [0.25, 0.3) is 0 Å². The molecule has 0 amide bonds. The van der Waals surface area contributed by atoms with Gasteiger partial charge in [0, 0.05) is 6.42 Å². The molecule has 0 radical (unpaired) electrons. The van der Waals surface area contributed by atoms with Crippen molar-refractivity contribution in [3.05, 3.63) is 30.2 Å². The molecule has 0 aliphatic rings. The number of hydrogen-bond donors (Lipinski definition) is 2. The van der Waals surface area contributed by atoms with Crippen molar-refractivity contribution in [1.82, 2.24) is 0 Å². The first-order valence-corrected chi connectivity index (χ1v) is 4.30. The van der Waals surface area contributed by atoms with Crippen LogP contribution in [-0.4, -0.2) is 22.3 Å². The Labute approximate surface area is 81.5 Å². The molecule has 0 fully saturated rings. The lowest BCUT2D eigenvalue weighted by molar-refractivity contribution is -0.137. The summed E-state index contributed by atoms with van der Waals surface area (Å²) in [5.41, 5.74) is 0. The molecule has 1 heterocycles. The summed E-state index contributed by atoms with van der Waals surface area (Å²) in [5, 5.41) is 17.7. The molecule has 0 bridgehead atoms. The molecular weight excluding hydrogens is 184 g/mol. The Kier molecular flexibility index (Phi) is 3.94. The predicted molar refractivity (Wildman–Crippen MR) is 50.6 cm³/mol. The van der Waals surface area contributed by atoms with Crippen LogP contribution in [0.15, 0.2) is 28.9 Å². The zero-order valence-electron chi connectivity index (χ0n) is 7.59. The van der Waals surface area contributed by atoms with Gasteiger partial charge in [-0.25, -0.2) is 0 Å². The average Bonchev–Trinajstić information content (AvgIpc) is 2.63. The maximum atomic E-state index is 10.2. The molecule has 0 spiro atoms. The van der Waals surface area contributed by atoms with Gasteiger partial charge in [-0.3, -0.25) is 4.79 Å². The van der Waals surface area contributed by atoms with E-state index in [4.69, 9.17) is 9.52 Å². The summed E-state index contributed by atoms with van der Waals surface area (Å²) in [6.07, 6.45) is 4.10. The summed E-state index contributed by atoms with van der Waals surface area (Å²) in [6.45, 7) is 0. The first-order chi connectivity index (χ1) is 6.68. The van der Waals surface area contributed by atoms with Crippen molar-refractivity contribution in [2.75, 3.05) is 0 Å². The van der Waals surface area contributed by atoms with Gasteiger partial charge in [0.15, 0.2) is 0 Å². The molecule has 1 aromatic heterocycles. The van der Waals surface area contributed by atoms with Gasteiger partial charge in [-0.1, -0.05) is 6.08 Å². The largest absolute Gasteiger partial charge is 0.481 e. The van der Waals surface area contributed by atoms with Crippen molar-refractivity contribution < 1.29 is 19.4 Å². The average molecular weight is 196 g/mol. The SMILES string of the molecule is O=C(O)CCC(O)/C=C\c1ccco1. The lowest BCUT2D eigenvalue weighted by Gasteiger charge is -2.01. The Morgan fingerprint density at radius 1 is 1.64 bits per heavy atom. The maximum absolute atomic E-state index is 10.2. The van der Waals surface area contributed by atoms with Crippen molar-refractivity contribution in [3.63, 3.8) is 0 Å². The number of hydrogen-bond acceptors (Lipinski definition) is 3. The van der Waals surface area contributed by atoms with E-state index in [9.17, 15) is 9.90 Å². The van der Waals surface area contributed by atoms with Gasteiger partial charge in [-0.05, 0) is 24.6 Å². The van der Waals surface area contributed by atoms with E-state index in [2.05, 4.69) is 0 Å². The first-order valence-electron chi connectivity index (χ1n) is 4.30. The Morgan fingerprint density at radius 2 is 2.43 bits per heavy atom. The lowest BCUT2D eigenvalue weighted by Crippen LogP contribution is -2.05. The van der Waals surface area contributed by atoms with Crippen molar-refractivity contribution >= 4 is 12.0 Å². The maximum Gasteiger partial charge on any atom is 0.303 e. The summed E-state index contributed by atoms with van der Waals surface area (Å²) in [7, 11) is 0. The molecule has 1 aromatic rings. The third-order valence-electron chi connectivity index (χ3n) is 1.68. The normalized spacial score (nSPS) is 13.2. The molecule has 14 heavy (non-hydrogen) atoms. The molecular formula is C10H12O4. The lowest BCUT2D eigenvalue weighted by atomic mass is 10.2. The Bertz CT molecular complexity index is 300. The highest BCUT2D eigenvalue weighted by Crippen LogP contribution is 2.05. The van der Waals surface area contributed by atoms with Gasteiger partial charge in [0.2, 0.25) is 0 Å². The fourth-order valence-electron chi connectivity index (χ4n) is 0.960. The third-order valence-corrected chi connectivity index (χ3v) is 1.68. The monoisotopic (exact) mass is 196 g/mol. The van der Waals surface area contributed by atoms with Gasteiger partial charge >= 0.3 is 5.97 Å². The second-order valence-corrected chi connectivity index (χ2v) is 2.87. The van der Waals surface area contributed by atoms with Crippen LogP contribution in [0.25, 0.3) is 6.08 Å². The third kappa shape index (κ3) is 3.91. The highest BCUT2D eigenvalue weighted by atomic mass is 16.4. The van der Waals surface area contributed by atoms with Gasteiger partial charge in [-0.2, -0.15) is 0 Å². The minimum Gasteiger partial charge on any atom is -0.481 e. The number of rotatable bonds is 5. The zero-order chi connectivity index (χ0) is 10.4. The van der Waals surface area contributed by atoms with Gasteiger partial charge < -0.3 is 14.6 Å². The first kappa shape index (κ1) is 10.5. The van der Waals surface area contributed by atoms with Crippen molar-refractivity contribution in [3.8, 4) is 0 Å². The van der Waals surface area contributed by atoms with Crippen molar-refractivity contribution in [2.24, 2.45) is 0 Å². The van der Waals surface area contributed by atoms with Crippen LogP contribution in [-0.2, 0) is 4.79 Å². The number of furan rings is 1. The Hall–Kier alpha value is -1.55. The van der Waals surface area contributed by atoms with Crippen LogP contribution in [0, 0.1) is 0 Å². The van der Waals surface area contributed by atoms with Crippen LogP contribution in [0.4, 0.5) is 0 Å². The molecule has 1 unspecified atom stereocenters. The van der Waals surface area contributed by atoms with Gasteiger partial charge in [0.1, 0.15) is 5.76 Å². The summed E-state index contributed by atoms with van der Waals surface area (Å²) in [6, 6.07) is 3.49. The van der Waals surface area contributed by atoms with Crippen molar-refractivity contribution in [2.45, 2.75) is 18.9 Å². The Morgan fingerprint density at radius 3 is 3.00 bits per heavy atom. The van der Waals surface area contributed by atoms with E-state index >= 15 is 0 Å². The quantitative estimate of drug-likeness (QED) is 0.749. The fraction of sp³-hybridized carbons (Fsp3) is 0.300. The van der Waals surface area contributed by atoms with E-state index in [0.29, 0.717) is 5.76 Å². The topological polar surface area (TPSA) is 70.7 Å². The van der Waals surface area contributed by atoms with Crippen molar-refractivity contribution in [1.29, 1.82) is 0 Å². The number of carboxylic acid groups (broad SMARTS) is 1. The summed E-state index contributed by atoms with van der Waals surface area (Å²) in [5.74, 6) is -0.269. The number of aliphatic hydroxyl groups is 1. The molecule has 0 aliphatic heterocycles. The van der Waals surface area contributed by atoms with E-state index in [-0.39, 0.29) is 12.8 Å². The van der Waals surface area contributed by atoms with Crippen LogP contribution in [0.2, 0.25) is 0 Å². The molecule has 76 valence electrons. The van der Waals surface area contributed by atoms with Crippen LogP contribution in [0.1, 0.15) is 18.6 Å². The zero-order valence-corrected chi connectivity index (χ0v) is 7.59. The highest BCUT2D eigenvalue weighted by Gasteiger charge is 2.03. The smallest absolute Gasteiger partial charge is 0.303 e. The molecule has 0 saturated carbocycles. The summed E-state index contributed by atoms with van der Waals surface area (Å²) < 4.78 is 5.00. The molecule has 4 heteroatoms. The molecule has 0 saturated heterocycles. The highest BCUT2D eigenvalue weighted by molar-refractivity contribution is 5.66. The second-order valence-electron chi connectivity index (χ2n) is 2.87. The van der Waals surface area contributed by atoms with Gasteiger partial charge in [-0.15, -0.1) is 0 Å². The molecule has 1 rings (SSSR count). The van der Waals surface area contributed by atoms with E-state index < -0.39 is 12.1 Å².